The number of rotatable bonds is 4. The van der Waals surface area contributed by atoms with Crippen LogP contribution in [0.15, 0.2) is 11.6 Å². The molecule has 0 aromatic rings. The molecule has 12 heavy (non-hydrogen) atoms. The second kappa shape index (κ2) is 4.96. The quantitative estimate of drug-likeness (QED) is 0.476. The maximum Gasteiger partial charge on any atom is 0.333 e. The van der Waals surface area contributed by atoms with E-state index in [9.17, 15) is 4.79 Å². The maximum absolute atomic E-state index is 11.1. The Balaban J connectivity index is 2.29. The van der Waals surface area contributed by atoms with Crippen molar-refractivity contribution >= 4 is 5.97 Å². The van der Waals surface area contributed by atoms with E-state index in [1.165, 1.54) is 12.8 Å². The van der Waals surface area contributed by atoms with Gasteiger partial charge in [0.1, 0.15) is 0 Å². The fourth-order valence-electron chi connectivity index (χ4n) is 1.33. The number of hydrogen-bond acceptors (Lipinski definition) is 2. The highest BCUT2D eigenvalue weighted by molar-refractivity contribution is 5.88. The second-order valence-electron chi connectivity index (χ2n) is 3.11. The van der Waals surface area contributed by atoms with Gasteiger partial charge in [0.2, 0.25) is 0 Å². The molecule has 0 saturated carbocycles. The van der Waals surface area contributed by atoms with Crippen LogP contribution in [0.1, 0.15) is 39.0 Å². The summed E-state index contributed by atoms with van der Waals surface area (Å²) in [6, 6.07) is 0. The van der Waals surface area contributed by atoms with Crippen LogP contribution in [-0.4, -0.2) is 12.6 Å². The molecular formula is C10H16O2. The summed E-state index contributed by atoms with van der Waals surface area (Å²) in [5.41, 5.74) is 0.884. The van der Waals surface area contributed by atoms with E-state index in [0.29, 0.717) is 6.61 Å². The normalized spacial score (nSPS) is 17.1. The highest BCUT2D eigenvalue weighted by Crippen LogP contribution is 2.14. The highest BCUT2D eigenvalue weighted by atomic mass is 16.5. The molecule has 0 N–H and O–H groups in total. The number of ether oxygens (including phenoxy) is 1. The van der Waals surface area contributed by atoms with Crippen LogP contribution in [0.3, 0.4) is 0 Å². The molecule has 0 saturated heterocycles. The zero-order valence-corrected chi connectivity index (χ0v) is 7.64. The number of carbonyl (C=O) groups is 1. The van der Waals surface area contributed by atoms with Gasteiger partial charge < -0.3 is 4.74 Å². The van der Waals surface area contributed by atoms with Crippen molar-refractivity contribution in [3.8, 4) is 0 Å². The van der Waals surface area contributed by atoms with Crippen LogP contribution in [0.25, 0.3) is 0 Å². The predicted octanol–water partition coefficient (Wildman–Crippen LogP) is 2.44. The molecule has 0 radical (unpaired) electrons. The lowest BCUT2D eigenvalue weighted by Gasteiger charge is -2.12. The number of hydrogen-bond donors (Lipinski definition) is 0. The van der Waals surface area contributed by atoms with Crippen LogP contribution in [0.4, 0.5) is 0 Å². The number of carbonyl (C=O) groups excluding carboxylic acids is 1. The van der Waals surface area contributed by atoms with Gasteiger partial charge >= 0.3 is 5.97 Å². The Kier molecular flexibility index (Phi) is 3.85. The number of cyclic esters (lactones) is 1. The molecule has 0 aromatic heterocycles. The molecule has 0 spiro atoms. The Hall–Kier alpha value is -0.790. The van der Waals surface area contributed by atoms with E-state index in [4.69, 9.17) is 4.74 Å². The van der Waals surface area contributed by atoms with Gasteiger partial charge in [-0.1, -0.05) is 25.8 Å². The molecule has 0 aromatic carbocycles. The lowest BCUT2D eigenvalue weighted by molar-refractivity contribution is -0.140. The van der Waals surface area contributed by atoms with Gasteiger partial charge in [-0.25, -0.2) is 4.79 Å². The summed E-state index contributed by atoms with van der Waals surface area (Å²) in [6.07, 6.45) is 7.31. The first-order valence-electron chi connectivity index (χ1n) is 4.70. The molecule has 0 aliphatic carbocycles. The minimum Gasteiger partial charge on any atom is -0.462 e. The SMILES string of the molecule is CCCCCC1=CCCOC1=O. The van der Waals surface area contributed by atoms with E-state index in [1.54, 1.807) is 0 Å². The van der Waals surface area contributed by atoms with Crippen molar-refractivity contribution in [1.29, 1.82) is 0 Å². The molecule has 1 aliphatic rings. The zero-order valence-electron chi connectivity index (χ0n) is 7.64. The Morgan fingerprint density at radius 3 is 3.00 bits per heavy atom. The molecule has 0 bridgehead atoms. The first-order chi connectivity index (χ1) is 5.84. The molecule has 0 atom stereocenters. The first-order valence-corrected chi connectivity index (χ1v) is 4.70. The minimum absolute atomic E-state index is 0.0997. The Bertz CT molecular complexity index is 182. The zero-order chi connectivity index (χ0) is 8.81. The highest BCUT2D eigenvalue weighted by Gasteiger charge is 2.13. The van der Waals surface area contributed by atoms with E-state index < -0.39 is 0 Å². The third-order valence-electron chi connectivity index (χ3n) is 2.05. The molecular weight excluding hydrogens is 152 g/mol. The van der Waals surface area contributed by atoms with Gasteiger partial charge in [-0.15, -0.1) is 0 Å². The van der Waals surface area contributed by atoms with Crippen LogP contribution in [0.2, 0.25) is 0 Å². The third-order valence-corrected chi connectivity index (χ3v) is 2.05. The van der Waals surface area contributed by atoms with E-state index in [-0.39, 0.29) is 5.97 Å². The summed E-state index contributed by atoms with van der Waals surface area (Å²) in [5, 5.41) is 0. The molecule has 1 heterocycles. The van der Waals surface area contributed by atoms with E-state index in [1.807, 2.05) is 6.08 Å². The van der Waals surface area contributed by atoms with Gasteiger partial charge in [0, 0.05) is 12.0 Å². The second-order valence-corrected chi connectivity index (χ2v) is 3.11. The molecule has 0 unspecified atom stereocenters. The van der Waals surface area contributed by atoms with Crippen LogP contribution >= 0.6 is 0 Å². The third kappa shape index (κ3) is 2.68. The van der Waals surface area contributed by atoms with Gasteiger partial charge in [0.15, 0.2) is 0 Å². The van der Waals surface area contributed by atoms with Crippen molar-refractivity contribution in [1.82, 2.24) is 0 Å². The number of esters is 1. The monoisotopic (exact) mass is 168 g/mol. The topological polar surface area (TPSA) is 26.3 Å². The van der Waals surface area contributed by atoms with E-state index in [2.05, 4.69) is 6.92 Å². The van der Waals surface area contributed by atoms with E-state index in [0.717, 1.165) is 24.8 Å². The summed E-state index contributed by atoms with van der Waals surface area (Å²) in [7, 11) is 0. The van der Waals surface area contributed by atoms with Crippen molar-refractivity contribution in [2.45, 2.75) is 39.0 Å². The summed E-state index contributed by atoms with van der Waals surface area (Å²) < 4.78 is 4.91. The standard InChI is InChI=1S/C10H16O2/c1-2-3-4-6-9-7-5-8-12-10(9)11/h7H,2-6,8H2,1H3. The fraction of sp³-hybridized carbons (Fsp3) is 0.700. The van der Waals surface area contributed by atoms with Gasteiger partial charge in [-0.2, -0.15) is 0 Å². The smallest absolute Gasteiger partial charge is 0.333 e. The fourth-order valence-corrected chi connectivity index (χ4v) is 1.33. The lowest BCUT2D eigenvalue weighted by atomic mass is 10.1. The van der Waals surface area contributed by atoms with Gasteiger partial charge in [0.25, 0.3) is 0 Å². The minimum atomic E-state index is -0.0997. The Labute approximate surface area is 73.6 Å². The Morgan fingerprint density at radius 1 is 1.50 bits per heavy atom. The molecule has 0 amide bonds. The van der Waals surface area contributed by atoms with Crippen molar-refractivity contribution in [3.63, 3.8) is 0 Å². The lowest BCUT2D eigenvalue weighted by Crippen LogP contribution is -2.13. The van der Waals surface area contributed by atoms with E-state index >= 15 is 0 Å². The summed E-state index contributed by atoms with van der Waals surface area (Å²) in [5.74, 6) is -0.0997. The van der Waals surface area contributed by atoms with Gasteiger partial charge in [0.05, 0.1) is 6.61 Å². The summed E-state index contributed by atoms with van der Waals surface area (Å²) in [6.45, 7) is 2.73. The molecule has 2 nitrogen and oxygen atoms in total. The molecule has 1 aliphatic heterocycles. The van der Waals surface area contributed by atoms with Crippen molar-refractivity contribution in [2.24, 2.45) is 0 Å². The van der Waals surface area contributed by atoms with Crippen LogP contribution in [0, 0.1) is 0 Å². The van der Waals surface area contributed by atoms with Crippen LogP contribution < -0.4 is 0 Å². The van der Waals surface area contributed by atoms with Crippen LogP contribution in [-0.2, 0) is 9.53 Å². The van der Waals surface area contributed by atoms with Gasteiger partial charge in [-0.3, -0.25) is 0 Å². The predicted molar refractivity (Wildman–Crippen MR) is 47.8 cm³/mol. The van der Waals surface area contributed by atoms with Crippen molar-refractivity contribution in [3.05, 3.63) is 11.6 Å². The van der Waals surface area contributed by atoms with Crippen molar-refractivity contribution in [2.75, 3.05) is 6.61 Å². The molecule has 0 fully saturated rings. The first kappa shape index (κ1) is 9.30. The summed E-state index contributed by atoms with van der Waals surface area (Å²) >= 11 is 0. The average molecular weight is 168 g/mol. The molecule has 1 rings (SSSR count). The van der Waals surface area contributed by atoms with Gasteiger partial charge in [-0.05, 0) is 12.8 Å². The molecule has 68 valence electrons. The average Bonchev–Trinajstić information content (AvgIpc) is 2.09. The Morgan fingerprint density at radius 2 is 2.33 bits per heavy atom. The number of unbranched alkanes of at least 4 members (excludes halogenated alkanes) is 2. The van der Waals surface area contributed by atoms with Crippen LogP contribution in [0.5, 0.6) is 0 Å². The maximum atomic E-state index is 11.1. The summed E-state index contributed by atoms with van der Waals surface area (Å²) in [4.78, 5) is 11.1. The largest absolute Gasteiger partial charge is 0.462 e. The van der Waals surface area contributed by atoms with Crippen molar-refractivity contribution < 1.29 is 9.53 Å². The molecule has 2 heteroatoms.